The van der Waals surface area contributed by atoms with E-state index >= 15 is 0 Å². The minimum absolute atomic E-state index is 0.0418. The van der Waals surface area contributed by atoms with Crippen LogP contribution in [0.5, 0.6) is 5.75 Å². The van der Waals surface area contributed by atoms with Crippen LogP contribution in [-0.4, -0.2) is 17.8 Å². The summed E-state index contributed by atoms with van der Waals surface area (Å²) in [6, 6.07) is 2.04. The molecular formula is C22H30BrFO2. The van der Waals surface area contributed by atoms with Gasteiger partial charge in [-0.25, -0.2) is 4.39 Å². The van der Waals surface area contributed by atoms with E-state index in [0.29, 0.717) is 22.8 Å². The van der Waals surface area contributed by atoms with Gasteiger partial charge in [0.05, 0.1) is 17.2 Å². The van der Waals surface area contributed by atoms with Gasteiger partial charge in [0.15, 0.2) is 0 Å². The van der Waals surface area contributed by atoms with E-state index in [1.165, 1.54) is 11.1 Å². The molecule has 0 fully saturated rings. The van der Waals surface area contributed by atoms with E-state index in [9.17, 15) is 9.50 Å². The lowest BCUT2D eigenvalue weighted by Crippen LogP contribution is -2.24. The van der Waals surface area contributed by atoms with E-state index in [1.54, 1.807) is 6.92 Å². The van der Waals surface area contributed by atoms with E-state index in [4.69, 9.17) is 4.74 Å². The first-order valence-corrected chi connectivity index (χ1v) is 10.0. The van der Waals surface area contributed by atoms with Gasteiger partial charge in [-0.2, -0.15) is 0 Å². The number of halogens is 2. The number of hydrogen-bond donors (Lipinski definition) is 1. The van der Waals surface area contributed by atoms with Crippen LogP contribution in [0, 0.1) is 5.92 Å². The molecule has 0 saturated heterocycles. The maximum atomic E-state index is 14.2. The van der Waals surface area contributed by atoms with E-state index in [1.807, 2.05) is 19.9 Å². The van der Waals surface area contributed by atoms with Crippen LogP contribution >= 0.6 is 15.9 Å². The number of allylic oxidation sites excluding steroid dienone is 3. The summed E-state index contributed by atoms with van der Waals surface area (Å²) in [6.07, 6.45) is 3.21. The number of ether oxygens (including phenoxy) is 1. The maximum Gasteiger partial charge on any atom is 0.141 e. The molecule has 0 radical (unpaired) electrons. The molecule has 1 aliphatic carbocycles. The molecule has 0 heterocycles. The minimum Gasteiger partial charge on any atom is -0.489 e. The van der Waals surface area contributed by atoms with Gasteiger partial charge in [0.1, 0.15) is 11.6 Å². The van der Waals surface area contributed by atoms with Crippen molar-refractivity contribution in [2.75, 3.05) is 6.61 Å². The Kier molecular flexibility index (Phi) is 6.40. The first-order chi connectivity index (χ1) is 12.0. The fourth-order valence-corrected chi connectivity index (χ4v) is 4.60. The Morgan fingerprint density at radius 1 is 1.31 bits per heavy atom. The number of benzene rings is 1. The van der Waals surface area contributed by atoms with Crippen molar-refractivity contribution < 1.29 is 14.2 Å². The summed E-state index contributed by atoms with van der Waals surface area (Å²) in [7, 11) is 0. The van der Waals surface area contributed by atoms with Crippen LogP contribution in [0.15, 0.2) is 22.4 Å². The molecule has 1 aromatic rings. The third-order valence-electron chi connectivity index (χ3n) is 4.97. The van der Waals surface area contributed by atoms with Gasteiger partial charge < -0.3 is 9.84 Å². The SMILES string of the molecule is C/C(=C(\F)CO)c1cc2c(c(Br)c1OC(C)C)C(C)(C)CC=C2C(C)C. The molecule has 0 bridgehead atoms. The first-order valence-electron chi connectivity index (χ1n) is 9.21. The summed E-state index contributed by atoms with van der Waals surface area (Å²) in [5, 5.41) is 9.27. The van der Waals surface area contributed by atoms with Crippen molar-refractivity contribution in [3.8, 4) is 5.75 Å². The average molecular weight is 425 g/mol. The first kappa shape index (κ1) is 21.2. The van der Waals surface area contributed by atoms with Crippen molar-refractivity contribution in [2.24, 2.45) is 5.92 Å². The van der Waals surface area contributed by atoms with E-state index in [2.05, 4.69) is 49.7 Å². The van der Waals surface area contributed by atoms with Gasteiger partial charge in [-0.05, 0) is 82.8 Å². The molecule has 0 aliphatic heterocycles. The number of aliphatic hydroxyl groups excluding tert-OH is 1. The Balaban J connectivity index is 2.89. The Hall–Kier alpha value is -1.13. The van der Waals surface area contributed by atoms with Crippen LogP contribution in [0.3, 0.4) is 0 Å². The highest BCUT2D eigenvalue weighted by Gasteiger charge is 2.34. The van der Waals surface area contributed by atoms with Gasteiger partial charge in [-0.15, -0.1) is 0 Å². The van der Waals surface area contributed by atoms with Gasteiger partial charge in [0, 0.05) is 5.56 Å². The highest BCUT2D eigenvalue weighted by Crippen LogP contribution is 2.50. The van der Waals surface area contributed by atoms with Gasteiger partial charge in [-0.1, -0.05) is 33.8 Å². The average Bonchev–Trinajstić information content (AvgIpc) is 2.54. The van der Waals surface area contributed by atoms with Gasteiger partial charge in [0.2, 0.25) is 0 Å². The van der Waals surface area contributed by atoms with Crippen LogP contribution in [0.2, 0.25) is 0 Å². The lowest BCUT2D eigenvalue weighted by molar-refractivity contribution is 0.239. The second-order valence-corrected chi connectivity index (χ2v) is 9.04. The molecule has 2 nitrogen and oxygen atoms in total. The molecule has 1 aliphatic rings. The van der Waals surface area contributed by atoms with Crippen LogP contribution in [0.4, 0.5) is 4.39 Å². The highest BCUT2D eigenvalue weighted by atomic mass is 79.9. The van der Waals surface area contributed by atoms with Crippen LogP contribution < -0.4 is 4.74 Å². The summed E-state index contributed by atoms with van der Waals surface area (Å²) >= 11 is 3.78. The lowest BCUT2D eigenvalue weighted by Gasteiger charge is -2.36. The zero-order valence-corrected chi connectivity index (χ0v) is 18.4. The molecular weight excluding hydrogens is 395 g/mol. The second-order valence-electron chi connectivity index (χ2n) is 8.25. The lowest BCUT2D eigenvalue weighted by atomic mass is 9.70. The maximum absolute atomic E-state index is 14.2. The number of hydrogen-bond acceptors (Lipinski definition) is 2. The molecule has 0 saturated carbocycles. The summed E-state index contributed by atoms with van der Waals surface area (Å²) in [6.45, 7) is 13.8. The predicted molar refractivity (Wildman–Crippen MR) is 111 cm³/mol. The van der Waals surface area contributed by atoms with Crippen LogP contribution in [-0.2, 0) is 5.41 Å². The molecule has 26 heavy (non-hydrogen) atoms. The molecule has 0 spiro atoms. The summed E-state index contributed by atoms with van der Waals surface area (Å²) in [4.78, 5) is 0. The van der Waals surface area contributed by atoms with Crippen molar-refractivity contribution in [1.82, 2.24) is 0 Å². The third kappa shape index (κ3) is 3.91. The summed E-state index contributed by atoms with van der Waals surface area (Å²) < 4.78 is 21.2. The summed E-state index contributed by atoms with van der Waals surface area (Å²) in [5.41, 5.74) is 4.68. The van der Waals surface area contributed by atoms with Crippen molar-refractivity contribution >= 4 is 27.1 Å². The van der Waals surface area contributed by atoms with Crippen molar-refractivity contribution in [3.05, 3.63) is 39.1 Å². The summed E-state index contributed by atoms with van der Waals surface area (Å²) in [5.74, 6) is 0.488. The molecule has 4 heteroatoms. The molecule has 1 N–H and O–H groups in total. The quantitative estimate of drug-likeness (QED) is 0.572. The molecule has 0 amide bonds. The second kappa shape index (κ2) is 7.85. The van der Waals surface area contributed by atoms with Crippen LogP contribution in [0.25, 0.3) is 11.1 Å². The van der Waals surface area contributed by atoms with Gasteiger partial charge >= 0.3 is 0 Å². The topological polar surface area (TPSA) is 29.5 Å². The molecule has 0 aromatic heterocycles. The van der Waals surface area contributed by atoms with E-state index in [-0.39, 0.29) is 11.5 Å². The van der Waals surface area contributed by atoms with Crippen molar-refractivity contribution in [2.45, 2.75) is 66.4 Å². The minimum atomic E-state index is -0.611. The fraction of sp³-hybridized carbons (Fsp3) is 0.545. The van der Waals surface area contributed by atoms with E-state index in [0.717, 1.165) is 16.5 Å². The van der Waals surface area contributed by atoms with Crippen LogP contribution in [0.1, 0.15) is 71.6 Å². The number of fused-ring (bicyclic) bond motifs is 1. The Bertz CT molecular complexity index is 758. The highest BCUT2D eigenvalue weighted by molar-refractivity contribution is 9.10. The Morgan fingerprint density at radius 3 is 2.42 bits per heavy atom. The normalized spacial score (nSPS) is 17.2. The number of rotatable bonds is 5. The van der Waals surface area contributed by atoms with Gasteiger partial charge in [0.25, 0.3) is 0 Å². The fourth-order valence-electron chi connectivity index (χ4n) is 3.54. The Labute approximate surface area is 165 Å². The number of aliphatic hydroxyl groups is 1. The van der Waals surface area contributed by atoms with E-state index < -0.39 is 12.4 Å². The Morgan fingerprint density at radius 2 is 1.92 bits per heavy atom. The standard InChI is InChI=1S/C22H30BrFO2/c1-12(2)15-8-9-22(6,7)19-17(15)10-16(14(5)18(24)11-25)21(20(19)23)26-13(3)4/h8,10,12-13,25H,9,11H2,1-7H3/b18-14+. The molecule has 0 unspecified atom stereocenters. The molecule has 144 valence electrons. The predicted octanol–water partition coefficient (Wildman–Crippen LogP) is 6.65. The monoisotopic (exact) mass is 424 g/mol. The third-order valence-corrected chi connectivity index (χ3v) is 5.72. The zero-order valence-electron chi connectivity index (χ0n) is 16.8. The molecule has 0 atom stereocenters. The van der Waals surface area contributed by atoms with Gasteiger partial charge in [-0.3, -0.25) is 0 Å². The molecule has 1 aromatic carbocycles. The zero-order chi connectivity index (χ0) is 19.8. The smallest absolute Gasteiger partial charge is 0.141 e. The molecule has 2 rings (SSSR count). The van der Waals surface area contributed by atoms with Crippen molar-refractivity contribution in [1.29, 1.82) is 0 Å². The van der Waals surface area contributed by atoms with Crippen molar-refractivity contribution in [3.63, 3.8) is 0 Å². The largest absolute Gasteiger partial charge is 0.489 e.